The highest BCUT2D eigenvalue weighted by Crippen LogP contribution is 2.33. The lowest BCUT2D eigenvalue weighted by Gasteiger charge is -2.19. The van der Waals surface area contributed by atoms with Crippen LogP contribution in [0.15, 0.2) is 42.6 Å². The Balaban J connectivity index is 1.84. The number of nitrogens with two attached hydrogens (primary N) is 1. The largest absolute Gasteiger partial charge is 0.508 e. The maximum atomic E-state index is 9.68. The second-order valence-corrected chi connectivity index (χ2v) is 7.17. The Kier molecular flexibility index (Phi) is 4.72. The molecule has 30 heavy (non-hydrogen) atoms. The summed E-state index contributed by atoms with van der Waals surface area (Å²) in [5.74, 6) is 0.679. The first kappa shape index (κ1) is 19.2. The molecule has 0 unspecified atom stereocenters. The summed E-state index contributed by atoms with van der Waals surface area (Å²) >= 11 is 0. The monoisotopic (exact) mass is 399 g/mol. The number of aromatic nitrogens is 4. The van der Waals surface area contributed by atoms with Gasteiger partial charge in [-0.2, -0.15) is 10.2 Å². The molecule has 8 heteroatoms. The fraction of sp³-hybridized carbons (Fsp3) is 0.182. The minimum atomic E-state index is -0.279. The summed E-state index contributed by atoms with van der Waals surface area (Å²) < 4.78 is 2.01. The predicted molar refractivity (Wildman–Crippen MR) is 116 cm³/mol. The van der Waals surface area contributed by atoms with Crippen LogP contribution < -0.4 is 11.1 Å². The average molecular weight is 399 g/mol. The van der Waals surface area contributed by atoms with Crippen molar-refractivity contribution >= 4 is 22.8 Å². The van der Waals surface area contributed by atoms with Crippen LogP contribution in [0, 0.1) is 18.3 Å². The number of hydrogen-bond donors (Lipinski definition) is 3. The molecule has 0 bridgehead atoms. The van der Waals surface area contributed by atoms with Crippen molar-refractivity contribution in [2.75, 3.05) is 11.1 Å². The molecule has 0 saturated carbocycles. The number of pyridine rings is 1. The Morgan fingerprint density at radius 3 is 2.60 bits per heavy atom. The summed E-state index contributed by atoms with van der Waals surface area (Å²) in [7, 11) is 1.97. The third-order valence-corrected chi connectivity index (χ3v) is 5.06. The Labute approximate surface area is 173 Å². The molecule has 4 N–H and O–H groups in total. The van der Waals surface area contributed by atoms with E-state index in [0.717, 1.165) is 27.9 Å². The number of phenols is 1. The van der Waals surface area contributed by atoms with E-state index in [9.17, 15) is 10.4 Å². The molecule has 150 valence electrons. The SMILES string of the molecule is Cc1nc(N)nc(N[C@@H](C)c2nc3ccn(C)c3cc2-c2ccc(O)cc2)c1C#N. The molecule has 0 aliphatic heterocycles. The summed E-state index contributed by atoms with van der Waals surface area (Å²) in [6.45, 7) is 3.68. The Morgan fingerprint density at radius 2 is 1.90 bits per heavy atom. The second-order valence-electron chi connectivity index (χ2n) is 7.17. The van der Waals surface area contributed by atoms with Gasteiger partial charge in [-0.3, -0.25) is 0 Å². The molecule has 0 saturated heterocycles. The van der Waals surface area contributed by atoms with E-state index in [2.05, 4.69) is 27.4 Å². The van der Waals surface area contributed by atoms with E-state index in [4.69, 9.17) is 10.7 Å². The van der Waals surface area contributed by atoms with Crippen LogP contribution in [0.5, 0.6) is 5.75 Å². The van der Waals surface area contributed by atoms with E-state index in [1.807, 2.05) is 42.9 Å². The number of anilines is 2. The van der Waals surface area contributed by atoms with Gasteiger partial charge < -0.3 is 20.7 Å². The van der Waals surface area contributed by atoms with Crippen molar-refractivity contribution in [3.05, 3.63) is 59.5 Å². The number of fused-ring (bicyclic) bond motifs is 1. The van der Waals surface area contributed by atoms with Gasteiger partial charge in [-0.25, -0.2) is 9.97 Å². The van der Waals surface area contributed by atoms with E-state index < -0.39 is 0 Å². The quantitative estimate of drug-likeness (QED) is 0.478. The second kappa shape index (κ2) is 7.37. The smallest absolute Gasteiger partial charge is 0.222 e. The van der Waals surface area contributed by atoms with Crippen molar-refractivity contribution in [1.82, 2.24) is 19.5 Å². The molecule has 1 aromatic carbocycles. The summed E-state index contributed by atoms with van der Waals surface area (Å²) in [5.41, 5.74) is 11.2. The zero-order valence-electron chi connectivity index (χ0n) is 16.9. The van der Waals surface area contributed by atoms with E-state index in [0.29, 0.717) is 17.1 Å². The molecular weight excluding hydrogens is 378 g/mol. The van der Waals surface area contributed by atoms with Crippen molar-refractivity contribution in [2.24, 2.45) is 7.05 Å². The number of benzene rings is 1. The highest BCUT2D eigenvalue weighted by atomic mass is 16.3. The van der Waals surface area contributed by atoms with Crippen LogP contribution in [-0.4, -0.2) is 24.6 Å². The molecule has 4 rings (SSSR count). The van der Waals surface area contributed by atoms with Crippen molar-refractivity contribution < 1.29 is 5.11 Å². The number of aryl methyl sites for hydroxylation is 2. The standard InChI is InChI=1S/C22H21N7O/c1-12-17(11-23)21(28-22(24)26-12)25-13(2)20-16(14-4-6-15(30)7-5-14)10-19-18(27-20)8-9-29(19)3/h4-10,13,30H,1-3H3,(H3,24,25,26,28)/t13-/m0/s1. The van der Waals surface area contributed by atoms with Crippen LogP contribution in [-0.2, 0) is 7.05 Å². The van der Waals surface area contributed by atoms with Crippen molar-refractivity contribution in [3.63, 3.8) is 0 Å². The van der Waals surface area contributed by atoms with Crippen molar-refractivity contribution in [2.45, 2.75) is 19.9 Å². The summed E-state index contributed by atoms with van der Waals surface area (Å²) in [5, 5.41) is 22.5. The van der Waals surface area contributed by atoms with Crippen LogP contribution in [0.25, 0.3) is 22.2 Å². The zero-order valence-corrected chi connectivity index (χ0v) is 16.9. The zero-order chi connectivity index (χ0) is 21.4. The Bertz CT molecular complexity index is 1290. The van der Waals surface area contributed by atoms with Gasteiger partial charge in [0, 0.05) is 18.8 Å². The first-order valence-corrected chi connectivity index (χ1v) is 9.43. The lowest BCUT2D eigenvalue weighted by atomic mass is 9.99. The molecule has 3 heterocycles. The van der Waals surface area contributed by atoms with Crippen LogP contribution in [0.4, 0.5) is 11.8 Å². The van der Waals surface area contributed by atoms with Gasteiger partial charge in [0.2, 0.25) is 5.95 Å². The molecule has 4 aromatic rings. The number of nitrogens with one attached hydrogen (secondary N) is 1. The number of hydrogen-bond acceptors (Lipinski definition) is 7. The number of nitriles is 1. The molecule has 1 atom stereocenters. The first-order chi connectivity index (χ1) is 14.4. The third-order valence-electron chi connectivity index (χ3n) is 5.06. The molecule has 0 fully saturated rings. The Hall–Kier alpha value is -4.12. The molecule has 0 amide bonds. The van der Waals surface area contributed by atoms with Gasteiger partial charge in [0.15, 0.2) is 0 Å². The topological polar surface area (TPSA) is 126 Å². The van der Waals surface area contributed by atoms with Crippen LogP contribution >= 0.6 is 0 Å². The average Bonchev–Trinajstić information content (AvgIpc) is 3.07. The Morgan fingerprint density at radius 1 is 1.17 bits per heavy atom. The van der Waals surface area contributed by atoms with Crippen LogP contribution in [0.1, 0.15) is 29.9 Å². The van der Waals surface area contributed by atoms with E-state index in [1.165, 1.54) is 0 Å². The lowest BCUT2D eigenvalue weighted by molar-refractivity contribution is 0.475. The molecule has 0 aliphatic rings. The van der Waals surface area contributed by atoms with Crippen LogP contribution in [0.2, 0.25) is 0 Å². The van der Waals surface area contributed by atoms with E-state index in [1.54, 1.807) is 19.1 Å². The lowest BCUT2D eigenvalue weighted by Crippen LogP contribution is -2.14. The molecule has 0 aliphatic carbocycles. The van der Waals surface area contributed by atoms with E-state index in [-0.39, 0.29) is 17.7 Å². The highest BCUT2D eigenvalue weighted by molar-refractivity contribution is 5.83. The number of nitrogens with zero attached hydrogens (tertiary/aromatic N) is 5. The number of nitrogen functional groups attached to an aromatic ring is 1. The molecule has 0 spiro atoms. The van der Waals surface area contributed by atoms with Gasteiger partial charge in [0.25, 0.3) is 0 Å². The number of rotatable bonds is 4. The molecule has 3 aromatic heterocycles. The summed E-state index contributed by atoms with van der Waals surface area (Å²) in [6, 6.07) is 12.9. The van der Waals surface area contributed by atoms with Gasteiger partial charge >= 0.3 is 0 Å². The fourth-order valence-corrected chi connectivity index (χ4v) is 3.51. The van der Waals surface area contributed by atoms with Crippen molar-refractivity contribution in [3.8, 4) is 22.9 Å². The minimum Gasteiger partial charge on any atom is -0.508 e. The highest BCUT2D eigenvalue weighted by Gasteiger charge is 2.19. The normalized spacial score (nSPS) is 11.9. The summed E-state index contributed by atoms with van der Waals surface area (Å²) in [6.07, 6.45) is 1.96. The van der Waals surface area contributed by atoms with Gasteiger partial charge in [-0.15, -0.1) is 0 Å². The van der Waals surface area contributed by atoms with Gasteiger partial charge in [-0.05, 0) is 43.7 Å². The summed E-state index contributed by atoms with van der Waals surface area (Å²) in [4.78, 5) is 13.2. The first-order valence-electron chi connectivity index (χ1n) is 9.43. The minimum absolute atomic E-state index is 0.103. The fourth-order valence-electron chi connectivity index (χ4n) is 3.51. The third kappa shape index (κ3) is 3.37. The van der Waals surface area contributed by atoms with E-state index >= 15 is 0 Å². The van der Waals surface area contributed by atoms with Gasteiger partial charge in [0.05, 0.1) is 28.5 Å². The number of aromatic hydroxyl groups is 1. The van der Waals surface area contributed by atoms with Crippen LogP contribution in [0.3, 0.4) is 0 Å². The maximum absolute atomic E-state index is 9.68. The van der Waals surface area contributed by atoms with Crippen molar-refractivity contribution in [1.29, 1.82) is 5.26 Å². The molecule has 8 nitrogen and oxygen atoms in total. The van der Waals surface area contributed by atoms with Gasteiger partial charge in [-0.1, -0.05) is 12.1 Å². The van der Waals surface area contributed by atoms with Gasteiger partial charge in [0.1, 0.15) is 23.2 Å². The molecular formula is C22H21N7O. The maximum Gasteiger partial charge on any atom is 0.222 e. The predicted octanol–water partition coefficient (Wildman–Crippen LogP) is 3.67. The number of phenolic OH excluding ortho intramolecular Hbond substituents is 1. The molecule has 0 radical (unpaired) electrons.